The molecule has 7 nitrogen and oxygen atoms in total. The third kappa shape index (κ3) is 3.39. The molecular weight excluding hydrogens is 382 g/mol. The summed E-state index contributed by atoms with van der Waals surface area (Å²) in [4.78, 5) is 40.4. The van der Waals surface area contributed by atoms with Gasteiger partial charge in [-0.1, -0.05) is 35.0 Å². The van der Waals surface area contributed by atoms with Gasteiger partial charge in [0.25, 0.3) is 11.8 Å². The lowest BCUT2D eigenvalue weighted by molar-refractivity contribution is -0.119. The van der Waals surface area contributed by atoms with E-state index < -0.39 is 23.8 Å². The quantitative estimate of drug-likeness (QED) is 0.659. The molecule has 0 saturated carbocycles. The van der Waals surface area contributed by atoms with Crippen LogP contribution in [0.3, 0.4) is 0 Å². The van der Waals surface area contributed by atoms with Crippen LogP contribution in [0.2, 0.25) is 0 Å². The highest BCUT2D eigenvalue weighted by Crippen LogP contribution is 2.28. The second kappa shape index (κ2) is 7.59. The van der Waals surface area contributed by atoms with Crippen molar-refractivity contribution >= 4 is 23.4 Å². The number of anilines is 1. The molecular formula is C23H21N3O4. The Labute approximate surface area is 173 Å². The van der Waals surface area contributed by atoms with E-state index >= 15 is 0 Å². The average Bonchev–Trinajstić information content (AvgIpc) is 3.18. The number of carbonyl (C=O) groups excluding carboxylic acids is 3. The number of nitrogens with one attached hydrogen (secondary N) is 1. The zero-order valence-corrected chi connectivity index (χ0v) is 16.9. The van der Waals surface area contributed by atoms with E-state index in [1.54, 1.807) is 50.2 Å². The van der Waals surface area contributed by atoms with E-state index in [0.717, 1.165) is 10.5 Å². The molecule has 1 atom stereocenters. The topological polar surface area (TPSA) is 92.5 Å². The van der Waals surface area contributed by atoms with Crippen LogP contribution in [0.15, 0.2) is 53.1 Å². The van der Waals surface area contributed by atoms with Crippen molar-refractivity contribution in [2.75, 3.05) is 5.32 Å². The van der Waals surface area contributed by atoms with E-state index in [9.17, 15) is 14.4 Å². The van der Waals surface area contributed by atoms with E-state index in [4.69, 9.17) is 4.52 Å². The number of nitrogens with zero attached hydrogens (tertiary/aromatic N) is 2. The Morgan fingerprint density at radius 2 is 1.60 bits per heavy atom. The fraction of sp³-hybridized carbons (Fsp3) is 0.217. The Bertz CT molecular complexity index is 1090. The standard InChI is InChI=1S/C23H21N3O4/c1-13-8-10-16(11-9-13)24-21(27)20(12-19-14(2)25-30-15(19)3)26-22(28)17-6-4-5-7-18(17)23(26)29/h4-11,20H,12H2,1-3H3,(H,24,27). The largest absolute Gasteiger partial charge is 0.361 e. The molecule has 1 N–H and O–H groups in total. The van der Waals surface area contributed by atoms with Crippen LogP contribution in [-0.2, 0) is 11.2 Å². The molecule has 2 heterocycles. The molecule has 3 aromatic rings. The smallest absolute Gasteiger partial charge is 0.262 e. The summed E-state index contributed by atoms with van der Waals surface area (Å²) in [6, 6.07) is 12.9. The van der Waals surface area contributed by atoms with E-state index in [0.29, 0.717) is 33.8 Å². The van der Waals surface area contributed by atoms with Crippen LogP contribution in [-0.4, -0.2) is 33.8 Å². The Kier molecular flexibility index (Phi) is 4.95. The van der Waals surface area contributed by atoms with Crippen molar-refractivity contribution in [2.24, 2.45) is 0 Å². The Morgan fingerprint density at radius 3 is 2.13 bits per heavy atom. The summed E-state index contributed by atoms with van der Waals surface area (Å²) >= 11 is 0. The number of amides is 3. The highest BCUT2D eigenvalue weighted by Gasteiger charge is 2.43. The molecule has 0 bridgehead atoms. The molecule has 1 aliphatic heterocycles. The van der Waals surface area contributed by atoms with Gasteiger partial charge in [-0.3, -0.25) is 19.3 Å². The van der Waals surface area contributed by atoms with Gasteiger partial charge in [0.05, 0.1) is 16.8 Å². The van der Waals surface area contributed by atoms with Crippen molar-refractivity contribution in [1.82, 2.24) is 10.1 Å². The van der Waals surface area contributed by atoms with Crippen molar-refractivity contribution in [3.05, 3.63) is 82.2 Å². The summed E-state index contributed by atoms with van der Waals surface area (Å²) in [7, 11) is 0. The number of aromatic nitrogens is 1. The second-order valence-corrected chi connectivity index (χ2v) is 7.40. The average molecular weight is 403 g/mol. The fourth-order valence-corrected chi connectivity index (χ4v) is 3.64. The molecule has 0 radical (unpaired) electrons. The predicted octanol–water partition coefficient (Wildman–Crippen LogP) is 3.45. The van der Waals surface area contributed by atoms with Crippen molar-refractivity contribution in [1.29, 1.82) is 0 Å². The van der Waals surface area contributed by atoms with Crippen molar-refractivity contribution in [3.8, 4) is 0 Å². The number of benzene rings is 2. The van der Waals surface area contributed by atoms with Gasteiger partial charge in [0.2, 0.25) is 5.91 Å². The first-order valence-electron chi connectivity index (χ1n) is 9.63. The van der Waals surface area contributed by atoms with Crippen LogP contribution in [0.1, 0.15) is 43.3 Å². The van der Waals surface area contributed by atoms with Gasteiger partial charge in [-0.05, 0) is 45.0 Å². The molecule has 0 fully saturated rings. The van der Waals surface area contributed by atoms with E-state index in [-0.39, 0.29) is 6.42 Å². The van der Waals surface area contributed by atoms with Crippen LogP contribution in [0.25, 0.3) is 0 Å². The Morgan fingerprint density at radius 1 is 1.00 bits per heavy atom. The van der Waals surface area contributed by atoms with Crippen molar-refractivity contribution < 1.29 is 18.9 Å². The summed E-state index contributed by atoms with van der Waals surface area (Å²) in [5.41, 5.74) is 3.57. The normalized spacial score (nSPS) is 14.0. The fourth-order valence-electron chi connectivity index (χ4n) is 3.64. The summed E-state index contributed by atoms with van der Waals surface area (Å²) in [6.45, 7) is 5.46. The molecule has 7 heteroatoms. The molecule has 3 amide bonds. The monoisotopic (exact) mass is 403 g/mol. The minimum atomic E-state index is -1.05. The minimum Gasteiger partial charge on any atom is -0.361 e. The summed E-state index contributed by atoms with van der Waals surface area (Å²) in [5.74, 6) is -0.858. The minimum absolute atomic E-state index is 0.115. The summed E-state index contributed by atoms with van der Waals surface area (Å²) in [6.07, 6.45) is 0.115. The molecule has 4 rings (SSSR count). The second-order valence-electron chi connectivity index (χ2n) is 7.40. The predicted molar refractivity (Wildman–Crippen MR) is 110 cm³/mol. The molecule has 0 spiro atoms. The highest BCUT2D eigenvalue weighted by molar-refractivity contribution is 6.23. The van der Waals surface area contributed by atoms with Gasteiger partial charge in [-0.15, -0.1) is 0 Å². The summed E-state index contributed by atoms with van der Waals surface area (Å²) in [5, 5.41) is 6.76. The molecule has 1 aromatic heterocycles. The summed E-state index contributed by atoms with van der Waals surface area (Å²) < 4.78 is 5.22. The molecule has 2 aromatic carbocycles. The first-order valence-corrected chi connectivity index (χ1v) is 9.63. The lowest BCUT2D eigenvalue weighted by atomic mass is 10.0. The van der Waals surface area contributed by atoms with Gasteiger partial charge < -0.3 is 9.84 Å². The zero-order valence-electron chi connectivity index (χ0n) is 16.9. The highest BCUT2D eigenvalue weighted by atomic mass is 16.5. The van der Waals surface area contributed by atoms with E-state index in [1.807, 2.05) is 19.1 Å². The van der Waals surface area contributed by atoms with Gasteiger partial charge >= 0.3 is 0 Å². The van der Waals surface area contributed by atoms with Gasteiger partial charge in [0.15, 0.2) is 0 Å². The maximum Gasteiger partial charge on any atom is 0.262 e. The van der Waals surface area contributed by atoms with Crippen LogP contribution < -0.4 is 5.32 Å². The molecule has 1 aliphatic rings. The van der Waals surface area contributed by atoms with Gasteiger partial charge in [0, 0.05) is 17.7 Å². The lowest BCUT2D eigenvalue weighted by Crippen LogP contribution is -2.48. The molecule has 1 unspecified atom stereocenters. The van der Waals surface area contributed by atoms with Gasteiger partial charge in [-0.2, -0.15) is 0 Å². The Hall–Kier alpha value is -3.74. The SMILES string of the molecule is Cc1ccc(NC(=O)C(Cc2c(C)noc2C)N2C(=O)c3ccccc3C2=O)cc1. The third-order valence-electron chi connectivity index (χ3n) is 5.34. The molecule has 0 aliphatic carbocycles. The van der Waals surface area contributed by atoms with E-state index in [1.165, 1.54) is 0 Å². The van der Waals surface area contributed by atoms with Gasteiger partial charge in [-0.25, -0.2) is 0 Å². The number of aryl methyl sites for hydroxylation is 3. The number of imide groups is 1. The Balaban J connectivity index is 1.70. The first-order chi connectivity index (χ1) is 14.4. The lowest BCUT2D eigenvalue weighted by Gasteiger charge is -2.25. The third-order valence-corrected chi connectivity index (χ3v) is 5.34. The number of carbonyl (C=O) groups is 3. The van der Waals surface area contributed by atoms with Crippen LogP contribution in [0, 0.1) is 20.8 Å². The number of rotatable bonds is 5. The number of hydrogen-bond donors (Lipinski definition) is 1. The van der Waals surface area contributed by atoms with E-state index in [2.05, 4.69) is 10.5 Å². The van der Waals surface area contributed by atoms with Crippen molar-refractivity contribution in [2.45, 2.75) is 33.2 Å². The van der Waals surface area contributed by atoms with Crippen LogP contribution >= 0.6 is 0 Å². The van der Waals surface area contributed by atoms with Crippen LogP contribution in [0.5, 0.6) is 0 Å². The molecule has 30 heavy (non-hydrogen) atoms. The first kappa shape index (κ1) is 19.6. The number of hydrogen-bond acceptors (Lipinski definition) is 5. The maximum absolute atomic E-state index is 13.3. The van der Waals surface area contributed by atoms with Gasteiger partial charge in [0.1, 0.15) is 11.8 Å². The van der Waals surface area contributed by atoms with Crippen LogP contribution in [0.4, 0.5) is 5.69 Å². The zero-order chi connectivity index (χ0) is 21.4. The molecule has 0 saturated heterocycles. The number of fused-ring (bicyclic) bond motifs is 1. The molecule has 152 valence electrons. The maximum atomic E-state index is 13.3. The van der Waals surface area contributed by atoms with Crippen molar-refractivity contribution in [3.63, 3.8) is 0 Å².